The minimum absolute atomic E-state index is 0.0733. The fraction of sp³-hybridized carbons (Fsp3) is 0.562. The molecule has 0 bridgehead atoms. The lowest BCUT2D eigenvalue weighted by Gasteiger charge is -2.19. The van der Waals surface area contributed by atoms with Crippen LogP contribution in [0.1, 0.15) is 53.2 Å². The highest BCUT2D eigenvalue weighted by Gasteiger charge is 2.17. The molecule has 0 atom stereocenters. The summed E-state index contributed by atoms with van der Waals surface area (Å²) in [5.41, 5.74) is 1.04. The Hall–Kier alpha value is -1.31. The average molecular weight is 293 g/mol. The number of aryl methyl sites for hydroxylation is 1. The summed E-state index contributed by atoms with van der Waals surface area (Å²) in [6.45, 7) is 7.73. The second-order valence-corrected chi connectivity index (χ2v) is 5.69. The van der Waals surface area contributed by atoms with E-state index in [-0.39, 0.29) is 12.5 Å². The molecule has 1 amide bonds. The zero-order valence-corrected chi connectivity index (χ0v) is 13.3. The van der Waals surface area contributed by atoms with Gasteiger partial charge in [0.1, 0.15) is 0 Å². The van der Waals surface area contributed by atoms with Crippen molar-refractivity contribution in [2.45, 2.75) is 40.0 Å². The molecule has 0 aromatic carbocycles. The van der Waals surface area contributed by atoms with Crippen molar-refractivity contribution in [3.8, 4) is 11.8 Å². The van der Waals surface area contributed by atoms with Gasteiger partial charge >= 0.3 is 0 Å². The summed E-state index contributed by atoms with van der Waals surface area (Å²) >= 11 is 1.45. The number of unbranched alkanes of at least 4 members (excludes halogenated alkanes) is 1. The van der Waals surface area contributed by atoms with Crippen molar-refractivity contribution in [3.05, 3.63) is 21.4 Å². The topological polar surface area (TPSA) is 40.5 Å². The molecule has 0 aliphatic rings. The lowest BCUT2D eigenvalue weighted by molar-refractivity contribution is 0.0767. The molecular formula is C16H23NO2S. The summed E-state index contributed by atoms with van der Waals surface area (Å²) in [5.74, 6) is 6.04. The van der Waals surface area contributed by atoms with E-state index in [0.29, 0.717) is 6.42 Å². The molecule has 0 aliphatic heterocycles. The van der Waals surface area contributed by atoms with Crippen LogP contribution in [0.4, 0.5) is 0 Å². The first-order valence-electron chi connectivity index (χ1n) is 7.13. The molecule has 0 saturated carbocycles. The van der Waals surface area contributed by atoms with Gasteiger partial charge in [0.05, 0.1) is 16.4 Å². The zero-order valence-electron chi connectivity index (χ0n) is 12.5. The summed E-state index contributed by atoms with van der Waals surface area (Å²) < 4.78 is 0. The molecule has 1 heterocycles. The van der Waals surface area contributed by atoms with Crippen LogP contribution in [0.3, 0.4) is 0 Å². The smallest absolute Gasteiger partial charge is 0.263 e. The van der Waals surface area contributed by atoms with Crippen LogP contribution in [0.2, 0.25) is 0 Å². The summed E-state index contributed by atoms with van der Waals surface area (Å²) in [5, 5.41) is 8.73. The second kappa shape index (κ2) is 8.78. The highest BCUT2D eigenvalue weighted by molar-refractivity contribution is 7.14. The fourth-order valence-electron chi connectivity index (χ4n) is 1.82. The number of nitrogens with zero attached hydrogens (tertiary/aromatic N) is 1. The molecule has 20 heavy (non-hydrogen) atoms. The standard InChI is InChI=1S/C16H23NO2S/c1-4-6-10-17(5-2)16(19)15-12-13(3)14(20-15)9-7-8-11-18/h12,18H,4-6,8,10-11H2,1-3H3. The second-order valence-electron chi connectivity index (χ2n) is 4.64. The first-order valence-corrected chi connectivity index (χ1v) is 7.95. The highest BCUT2D eigenvalue weighted by atomic mass is 32.1. The first-order chi connectivity index (χ1) is 9.63. The monoisotopic (exact) mass is 293 g/mol. The summed E-state index contributed by atoms with van der Waals surface area (Å²) in [7, 11) is 0. The van der Waals surface area contributed by atoms with Gasteiger partial charge in [0.15, 0.2) is 0 Å². The number of hydrogen-bond donors (Lipinski definition) is 1. The van der Waals surface area contributed by atoms with Crippen LogP contribution < -0.4 is 0 Å². The zero-order chi connectivity index (χ0) is 15.0. The Morgan fingerprint density at radius 2 is 2.20 bits per heavy atom. The lowest BCUT2D eigenvalue weighted by atomic mass is 10.2. The SMILES string of the molecule is CCCCN(CC)C(=O)c1cc(C)c(C#CCCO)s1. The predicted molar refractivity (Wildman–Crippen MR) is 84.1 cm³/mol. The number of carbonyl (C=O) groups is 1. The summed E-state index contributed by atoms with van der Waals surface area (Å²) in [4.78, 5) is 16.0. The van der Waals surface area contributed by atoms with Gasteiger partial charge in [0.25, 0.3) is 5.91 Å². The molecule has 0 saturated heterocycles. The van der Waals surface area contributed by atoms with Crippen molar-refractivity contribution in [2.75, 3.05) is 19.7 Å². The Morgan fingerprint density at radius 3 is 2.80 bits per heavy atom. The largest absolute Gasteiger partial charge is 0.395 e. The van der Waals surface area contributed by atoms with Crippen molar-refractivity contribution in [1.29, 1.82) is 0 Å². The minimum atomic E-state index is 0.0733. The number of aliphatic hydroxyl groups is 1. The molecule has 0 spiro atoms. The normalized spacial score (nSPS) is 10.0. The van der Waals surface area contributed by atoms with E-state index < -0.39 is 0 Å². The molecule has 1 N–H and O–H groups in total. The molecule has 1 rings (SSSR count). The van der Waals surface area contributed by atoms with Gasteiger partial charge in [-0.25, -0.2) is 0 Å². The van der Waals surface area contributed by atoms with Crippen molar-refractivity contribution >= 4 is 17.2 Å². The van der Waals surface area contributed by atoms with E-state index >= 15 is 0 Å². The molecule has 0 fully saturated rings. The van der Waals surface area contributed by atoms with E-state index in [1.165, 1.54) is 11.3 Å². The summed E-state index contributed by atoms with van der Waals surface area (Å²) in [6, 6.07) is 1.92. The van der Waals surface area contributed by atoms with Crippen LogP contribution in [0.5, 0.6) is 0 Å². The van der Waals surface area contributed by atoms with Gasteiger partial charge < -0.3 is 10.0 Å². The number of thiophene rings is 1. The molecule has 4 heteroatoms. The van der Waals surface area contributed by atoms with Crippen LogP contribution in [0.15, 0.2) is 6.07 Å². The van der Waals surface area contributed by atoms with Crippen molar-refractivity contribution in [1.82, 2.24) is 4.90 Å². The molecule has 1 aromatic rings. The van der Waals surface area contributed by atoms with E-state index in [0.717, 1.165) is 41.2 Å². The van der Waals surface area contributed by atoms with E-state index in [4.69, 9.17) is 5.11 Å². The molecule has 110 valence electrons. The van der Waals surface area contributed by atoms with Crippen molar-refractivity contribution < 1.29 is 9.90 Å². The Labute approximate surface area is 125 Å². The Morgan fingerprint density at radius 1 is 1.45 bits per heavy atom. The Balaban J connectivity index is 2.83. The van der Waals surface area contributed by atoms with Crippen LogP contribution in [-0.4, -0.2) is 35.6 Å². The minimum Gasteiger partial charge on any atom is -0.395 e. The number of aliphatic hydroxyl groups excluding tert-OH is 1. The van der Waals surface area contributed by atoms with Gasteiger partial charge in [-0.3, -0.25) is 4.79 Å². The van der Waals surface area contributed by atoms with Gasteiger partial charge in [-0.05, 0) is 31.9 Å². The van der Waals surface area contributed by atoms with Gasteiger partial charge in [0.2, 0.25) is 0 Å². The van der Waals surface area contributed by atoms with E-state index in [9.17, 15) is 4.79 Å². The molecule has 3 nitrogen and oxygen atoms in total. The number of hydrogen-bond acceptors (Lipinski definition) is 3. The van der Waals surface area contributed by atoms with Crippen LogP contribution in [0.25, 0.3) is 0 Å². The maximum absolute atomic E-state index is 12.4. The fourth-order valence-corrected chi connectivity index (χ4v) is 2.83. The number of rotatable bonds is 6. The van der Waals surface area contributed by atoms with Crippen LogP contribution in [-0.2, 0) is 0 Å². The molecule has 0 aliphatic carbocycles. The van der Waals surface area contributed by atoms with E-state index in [1.807, 2.05) is 24.8 Å². The third-order valence-electron chi connectivity index (χ3n) is 3.02. The lowest BCUT2D eigenvalue weighted by Crippen LogP contribution is -2.31. The Kier molecular flexibility index (Phi) is 7.35. The van der Waals surface area contributed by atoms with Crippen LogP contribution >= 0.6 is 11.3 Å². The first kappa shape index (κ1) is 16.7. The van der Waals surface area contributed by atoms with Gasteiger partial charge in [-0.1, -0.05) is 25.2 Å². The van der Waals surface area contributed by atoms with Gasteiger partial charge in [0, 0.05) is 19.5 Å². The van der Waals surface area contributed by atoms with E-state index in [2.05, 4.69) is 18.8 Å². The number of amides is 1. The molecule has 0 unspecified atom stereocenters. The van der Waals surface area contributed by atoms with E-state index in [1.54, 1.807) is 0 Å². The van der Waals surface area contributed by atoms with Crippen molar-refractivity contribution in [3.63, 3.8) is 0 Å². The maximum Gasteiger partial charge on any atom is 0.263 e. The molecular weight excluding hydrogens is 270 g/mol. The molecule has 1 aromatic heterocycles. The third-order valence-corrected chi connectivity index (χ3v) is 4.16. The quantitative estimate of drug-likeness (QED) is 0.819. The van der Waals surface area contributed by atoms with Gasteiger partial charge in [-0.15, -0.1) is 11.3 Å². The Bertz CT molecular complexity index is 496. The van der Waals surface area contributed by atoms with Crippen molar-refractivity contribution in [2.24, 2.45) is 0 Å². The molecule has 0 radical (unpaired) electrons. The summed E-state index contributed by atoms with van der Waals surface area (Å²) in [6.07, 6.45) is 2.59. The van der Waals surface area contributed by atoms with Gasteiger partial charge in [-0.2, -0.15) is 0 Å². The van der Waals surface area contributed by atoms with Crippen LogP contribution in [0, 0.1) is 18.8 Å². The highest BCUT2D eigenvalue weighted by Crippen LogP contribution is 2.22. The third kappa shape index (κ3) is 4.66. The average Bonchev–Trinajstić information content (AvgIpc) is 2.81. The predicted octanol–water partition coefficient (Wildman–Crippen LogP) is 3.05. The number of carbonyl (C=O) groups excluding carboxylic acids is 1. The maximum atomic E-state index is 12.4.